The average molecular weight is 245 g/mol. The van der Waals surface area contributed by atoms with E-state index in [2.05, 4.69) is 5.32 Å². The Hall–Kier alpha value is -0.810. The van der Waals surface area contributed by atoms with Crippen molar-refractivity contribution >= 4 is 6.09 Å². The van der Waals surface area contributed by atoms with Gasteiger partial charge in [0, 0.05) is 0 Å². The number of alkyl carbamates (subject to hydrolysis) is 1. The lowest BCUT2D eigenvalue weighted by atomic mass is 10.1. The molecule has 0 saturated carbocycles. The molecule has 0 radical (unpaired) electrons. The molecule has 1 aliphatic rings. The minimum absolute atomic E-state index is 0.0374. The van der Waals surface area contributed by atoms with Crippen LogP contribution in [0.2, 0.25) is 0 Å². The van der Waals surface area contributed by atoms with Crippen LogP contribution in [0, 0.1) is 0 Å². The fourth-order valence-corrected chi connectivity index (χ4v) is 1.82. The van der Waals surface area contributed by atoms with Gasteiger partial charge in [-0.1, -0.05) is 0 Å². The van der Waals surface area contributed by atoms with E-state index in [1.165, 1.54) is 0 Å². The minimum Gasteiger partial charge on any atom is -0.444 e. The van der Waals surface area contributed by atoms with Crippen LogP contribution in [0.3, 0.4) is 0 Å². The maximum absolute atomic E-state index is 11.5. The number of hydrogen-bond acceptors (Lipinski definition) is 4. The van der Waals surface area contributed by atoms with Gasteiger partial charge in [-0.2, -0.15) is 0 Å². The maximum atomic E-state index is 11.5. The Morgan fingerprint density at radius 3 is 2.65 bits per heavy atom. The van der Waals surface area contributed by atoms with Crippen LogP contribution in [-0.2, 0) is 9.47 Å². The van der Waals surface area contributed by atoms with Crippen LogP contribution < -0.4 is 5.32 Å². The summed E-state index contributed by atoms with van der Waals surface area (Å²) in [7, 11) is 0. The number of hydrogen-bond donors (Lipinski definition) is 2. The topological polar surface area (TPSA) is 67.8 Å². The first-order valence-electron chi connectivity index (χ1n) is 6.07. The van der Waals surface area contributed by atoms with Crippen molar-refractivity contribution in [2.45, 2.75) is 64.4 Å². The standard InChI is InChI=1S/C12H23NO4/c1-8(10-6-5-9(7-14)16-10)13-11(15)17-12(2,3)4/h8-10,14H,5-7H2,1-4H3,(H,13,15)/t8-,9+,10+/m1/s1. The third kappa shape index (κ3) is 4.91. The van der Waals surface area contributed by atoms with Crippen molar-refractivity contribution in [2.75, 3.05) is 6.61 Å². The molecule has 3 atom stereocenters. The fraction of sp³-hybridized carbons (Fsp3) is 0.917. The van der Waals surface area contributed by atoms with Gasteiger partial charge in [-0.3, -0.25) is 0 Å². The summed E-state index contributed by atoms with van der Waals surface area (Å²) < 4.78 is 10.7. The van der Waals surface area contributed by atoms with E-state index in [0.717, 1.165) is 12.8 Å². The van der Waals surface area contributed by atoms with Crippen LogP contribution in [0.5, 0.6) is 0 Å². The summed E-state index contributed by atoms with van der Waals surface area (Å²) in [5, 5.41) is 11.7. The van der Waals surface area contributed by atoms with Crippen LogP contribution in [0.15, 0.2) is 0 Å². The van der Waals surface area contributed by atoms with Gasteiger partial charge in [0.05, 0.1) is 24.9 Å². The number of nitrogens with one attached hydrogen (secondary N) is 1. The van der Waals surface area contributed by atoms with E-state index in [0.29, 0.717) is 0 Å². The zero-order valence-electron chi connectivity index (χ0n) is 11.0. The second-order valence-electron chi connectivity index (χ2n) is 5.49. The highest BCUT2D eigenvalue weighted by Gasteiger charge is 2.30. The van der Waals surface area contributed by atoms with Crippen molar-refractivity contribution < 1.29 is 19.4 Å². The molecule has 1 heterocycles. The van der Waals surface area contributed by atoms with Crippen LogP contribution in [0.4, 0.5) is 4.79 Å². The SMILES string of the molecule is C[C@@H](NC(=O)OC(C)(C)C)[C@@H]1CC[C@@H](CO)O1. The molecular formula is C12H23NO4. The molecule has 0 bridgehead atoms. The maximum Gasteiger partial charge on any atom is 0.407 e. The van der Waals surface area contributed by atoms with Gasteiger partial charge in [-0.05, 0) is 40.5 Å². The Bertz CT molecular complexity index is 262. The zero-order chi connectivity index (χ0) is 13.1. The Labute approximate surface area is 102 Å². The van der Waals surface area contributed by atoms with Crippen molar-refractivity contribution in [3.8, 4) is 0 Å². The second kappa shape index (κ2) is 5.69. The summed E-state index contributed by atoms with van der Waals surface area (Å²) in [5.41, 5.74) is -0.492. The van der Waals surface area contributed by atoms with E-state index in [9.17, 15) is 4.79 Å². The third-order valence-electron chi connectivity index (χ3n) is 2.65. The fourth-order valence-electron chi connectivity index (χ4n) is 1.82. The molecule has 2 N–H and O–H groups in total. The van der Waals surface area contributed by atoms with Gasteiger partial charge in [0.1, 0.15) is 5.60 Å². The van der Waals surface area contributed by atoms with Crippen LogP contribution in [0.1, 0.15) is 40.5 Å². The lowest BCUT2D eigenvalue weighted by molar-refractivity contribution is -0.00566. The minimum atomic E-state index is -0.492. The smallest absolute Gasteiger partial charge is 0.407 e. The highest BCUT2D eigenvalue weighted by Crippen LogP contribution is 2.22. The molecule has 1 fully saturated rings. The molecule has 0 spiro atoms. The van der Waals surface area contributed by atoms with Gasteiger partial charge in [0.2, 0.25) is 0 Å². The molecule has 1 amide bonds. The van der Waals surface area contributed by atoms with E-state index in [1.807, 2.05) is 27.7 Å². The molecular weight excluding hydrogens is 222 g/mol. The first-order chi connectivity index (χ1) is 7.81. The number of aliphatic hydroxyl groups is 1. The largest absolute Gasteiger partial charge is 0.444 e. The first kappa shape index (κ1) is 14.3. The summed E-state index contributed by atoms with van der Waals surface area (Å²) in [6.07, 6.45) is 1.12. The normalized spacial score (nSPS) is 26.6. The molecule has 1 aliphatic heterocycles. The molecule has 0 unspecified atom stereocenters. The van der Waals surface area contributed by atoms with E-state index < -0.39 is 11.7 Å². The lowest BCUT2D eigenvalue weighted by Crippen LogP contribution is -2.43. The number of rotatable bonds is 3. The number of ether oxygens (including phenoxy) is 2. The number of aliphatic hydroxyl groups excluding tert-OH is 1. The Morgan fingerprint density at radius 1 is 1.53 bits per heavy atom. The van der Waals surface area contributed by atoms with Crippen molar-refractivity contribution in [1.82, 2.24) is 5.32 Å². The van der Waals surface area contributed by atoms with Crippen molar-refractivity contribution in [3.05, 3.63) is 0 Å². The molecule has 0 aliphatic carbocycles. The van der Waals surface area contributed by atoms with Crippen LogP contribution in [-0.4, -0.2) is 41.7 Å². The van der Waals surface area contributed by atoms with E-state index >= 15 is 0 Å². The number of amides is 1. The van der Waals surface area contributed by atoms with Crippen molar-refractivity contribution in [1.29, 1.82) is 0 Å². The van der Waals surface area contributed by atoms with Gasteiger partial charge >= 0.3 is 6.09 Å². The average Bonchev–Trinajstić information content (AvgIpc) is 2.62. The predicted molar refractivity (Wildman–Crippen MR) is 63.8 cm³/mol. The highest BCUT2D eigenvalue weighted by molar-refractivity contribution is 5.68. The molecule has 17 heavy (non-hydrogen) atoms. The third-order valence-corrected chi connectivity index (χ3v) is 2.65. The first-order valence-corrected chi connectivity index (χ1v) is 6.07. The van der Waals surface area contributed by atoms with E-state index in [1.54, 1.807) is 0 Å². The summed E-state index contributed by atoms with van der Waals surface area (Å²) >= 11 is 0. The van der Waals surface area contributed by atoms with Crippen molar-refractivity contribution in [2.24, 2.45) is 0 Å². The van der Waals surface area contributed by atoms with Crippen LogP contribution >= 0.6 is 0 Å². The second-order valence-corrected chi connectivity index (χ2v) is 5.49. The molecule has 0 aromatic carbocycles. The molecule has 0 aromatic heterocycles. The molecule has 0 aromatic rings. The molecule has 1 rings (SSSR count). The van der Waals surface area contributed by atoms with E-state index in [-0.39, 0.29) is 24.9 Å². The van der Waals surface area contributed by atoms with Gasteiger partial charge in [-0.15, -0.1) is 0 Å². The summed E-state index contributed by atoms with van der Waals surface area (Å²) in [4.78, 5) is 11.5. The molecule has 100 valence electrons. The monoisotopic (exact) mass is 245 g/mol. The number of carbonyl (C=O) groups excluding carboxylic acids is 1. The quantitative estimate of drug-likeness (QED) is 0.789. The van der Waals surface area contributed by atoms with Crippen LogP contribution in [0.25, 0.3) is 0 Å². The van der Waals surface area contributed by atoms with Gasteiger partial charge in [0.25, 0.3) is 0 Å². The lowest BCUT2D eigenvalue weighted by Gasteiger charge is -2.24. The summed E-state index contributed by atoms with van der Waals surface area (Å²) in [6, 6.07) is -0.110. The summed E-state index contributed by atoms with van der Waals surface area (Å²) in [6.45, 7) is 7.39. The Balaban J connectivity index is 2.34. The van der Waals surface area contributed by atoms with Gasteiger partial charge in [0.15, 0.2) is 0 Å². The summed E-state index contributed by atoms with van der Waals surface area (Å²) in [5.74, 6) is 0. The molecule has 5 nitrogen and oxygen atoms in total. The number of carbonyl (C=O) groups is 1. The highest BCUT2D eigenvalue weighted by atomic mass is 16.6. The molecule has 5 heteroatoms. The Kier molecular flexibility index (Phi) is 4.77. The van der Waals surface area contributed by atoms with Gasteiger partial charge in [-0.25, -0.2) is 4.79 Å². The Morgan fingerprint density at radius 2 is 2.18 bits per heavy atom. The zero-order valence-corrected chi connectivity index (χ0v) is 11.0. The van der Waals surface area contributed by atoms with Crippen molar-refractivity contribution in [3.63, 3.8) is 0 Å². The van der Waals surface area contributed by atoms with Gasteiger partial charge < -0.3 is 19.9 Å². The van der Waals surface area contributed by atoms with E-state index in [4.69, 9.17) is 14.6 Å². The molecule has 1 saturated heterocycles. The predicted octanol–water partition coefficient (Wildman–Crippen LogP) is 1.44.